The molecule has 1 aromatic carbocycles. The fraction of sp³-hybridized carbons (Fsp3) is 0.538. The third kappa shape index (κ3) is 3.52. The number of aliphatic hydroxyl groups is 1. The van der Waals surface area contributed by atoms with Crippen LogP contribution in [0.5, 0.6) is 0 Å². The third-order valence-electron chi connectivity index (χ3n) is 3.60. The lowest BCUT2D eigenvalue weighted by Gasteiger charge is -2.17. The summed E-state index contributed by atoms with van der Waals surface area (Å²) >= 11 is 3.18. The lowest BCUT2D eigenvalue weighted by Crippen LogP contribution is -2.23. The molecule has 0 radical (unpaired) electrons. The van der Waals surface area contributed by atoms with Gasteiger partial charge in [0, 0.05) is 19.2 Å². The first-order valence-electron chi connectivity index (χ1n) is 6.30. The van der Waals surface area contributed by atoms with E-state index in [9.17, 15) is 15.2 Å². The summed E-state index contributed by atoms with van der Waals surface area (Å²) in [7, 11) is 0. The third-order valence-corrected chi connectivity index (χ3v) is 4.28. The molecule has 0 amide bonds. The smallest absolute Gasteiger partial charge is 0.283 e. The zero-order valence-electron chi connectivity index (χ0n) is 10.8. The molecule has 1 aromatic rings. The normalized spacial score (nSPS) is 21.5. The average molecular weight is 329 g/mol. The number of hydrogen-bond acceptors (Lipinski definition) is 4. The highest BCUT2D eigenvalue weighted by molar-refractivity contribution is 9.10. The molecule has 0 saturated carbocycles. The minimum atomic E-state index is -0.379. The molecule has 1 N–H and O–H groups in total. The van der Waals surface area contributed by atoms with Gasteiger partial charge in [-0.15, -0.1) is 0 Å². The fourth-order valence-corrected chi connectivity index (χ4v) is 2.85. The molecule has 1 aliphatic rings. The maximum absolute atomic E-state index is 10.9. The van der Waals surface area contributed by atoms with Crippen LogP contribution in [0, 0.1) is 16.0 Å². The predicted molar refractivity (Wildman–Crippen MR) is 75.9 cm³/mol. The van der Waals surface area contributed by atoms with Crippen LogP contribution in [0.2, 0.25) is 0 Å². The molecular weight excluding hydrogens is 312 g/mol. The molecule has 0 aromatic heterocycles. The quantitative estimate of drug-likeness (QED) is 0.681. The summed E-state index contributed by atoms with van der Waals surface area (Å²) < 4.78 is 0.504. The number of rotatable bonds is 4. The minimum absolute atomic E-state index is 0.101. The van der Waals surface area contributed by atoms with Crippen molar-refractivity contribution in [1.82, 2.24) is 4.90 Å². The highest BCUT2D eigenvalue weighted by Gasteiger charge is 2.26. The number of nitro groups is 1. The van der Waals surface area contributed by atoms with Crippen LogP contribution in [0.25, 0.3) is 0 Å². The van der Waals surface area contributed by atoms with Gasteiger partial charge >= 0.3 is 0 Å². The van der Waals surface area contributed by atoms with E-state index in [2.05, 4.69) is 20.8 Å². The molecule has 1 aliphatic heterocycles. The number of hydrogen-bond donors (Lipinski definition) is 1. The number of benzene rings is 1. The number of halogens is 1. The lowest BCUT2D eigenvalue weighted by molar-refractivity contribution is -0.385. The van der Waals surface area contributed by atoms with Crippen LogP contribution in [-0.4, -0.2) is 34.1 Å². The van der Waals surface area contributed by atoms with Crippen molar-refractivity contribution in [3.05, 3.63) is 38.3 Å². The fourth-order valence-electron chi connectivity index (χ4n) is 2.45. The molecule has 1 saturated heterocycles. The topological polar surface area (TPSA) is 66.6 Å². The van der Waals surface area contributed by atoms with Crippen molar-refractivity contribution in [2.45, 2.75) is 26.0 Å². The van der Waals surface area contributed by atoms with E-state index < -0.39 is 0 Å². The summed E-state index contributed by atoms with van der Waals surface area (Å²) in [6.45, 7) is 4.29. The van der Waals surface area contributed by atoms with Gasteiger partial charge in [-0.25, -0.2) is 0 Å². The highest BCUT2D eigenvalue weighted by Crippen LogP contribution is 2.27. The minimum Gasteiger partial charge on any atom is -0.393 e. The molecule has 5 nitrogen and oxygen atoms in total. The van der Waals surface area contributed by atoms with Crippen LogP contribution < -0.4 is 0 Å². The van der Waals surface area contributed by atoms with Gasteiger partial charge in [-0.05, 0) is 53.4 Å². The second-order valence-electron chi connectivity index (χ2n) is 5.07. The monoisotopic (exact) mass is 328 g/mol. The summed E-state index contributed by atoms with van der Waals surface area (Å²) in [6, 6.07) is 5.22. The van der Waals surface area contributed by atoms with Crippen molar-refractivity contribution in [2.24, 2.45) is 5.92 Å². The molecule has 0 aliphatic carbocycles. The highest BCUT2D eigenvalue weighted by atomic mass is 79.9. The van der Waals surface area contributed by atoms with Crippen LogP contribution in [-0.2, 0) is 6.54 Å². The molecule has 2 atom stereocenters. The van der Waals surface area contributed by atoms with Gasteiger partial charge in [0.05, 0.1) is 15.5 Å². The molecule has 1 heterocycles. The van der Waals surface area contributed by atoms with Crippen molar-refractivity contribution < 1.29 is 10.0 Å². The lowest BCUT2D eigenvalue weighted by atomic mass is 10.0. The van der Waals surface area contributed by atoms with E-state index in [1.807, 2.05) is 13.0 Å². The second kappa shape index (κ2) is 5.98. The summed E-state index contributed by atoms with van der Waals surface area (Å²) in [5.74, 6) is 0.311. The van der Waals surface area contributed by atoms with E-state index in [-0.39, 0.29) is 16.7 Å². The molecule has 1 fully saturated rings. The summed E-state index contributed by atoms with van der Waals surface area (Å²) in [5, 5.41) is 20.4. The van der Waals surface area contributed by atoms with Gasteiger partial charge in [0.1, 0.15) is 0 Å². The zero-order chi connectivity index (χ0) is 14.0. The maximum Gasteiger partial charge on any atom is 0.283 e. The van der Waals surface area contributed by atoms with Crippen molar-refractivity contribution in [3.63, 3.8) is 0 Å². The summed E-state index contributed by atoms with van der Waals surface area (Å²) in [6.07, 6.45) is 0.695. The van der Waals surface area contributed by atoms with E-state index in [0.29, 0.717) is 16.9 Å². The number of aliphatic hydroxyl groups excluding tert-OH is 1. The Morgan fingerprint density at radius 1 is 1.63 bits per heavy atom. The van der Waals surface area contributed by atoms with Gasteiger partial charge in [0.25, 0.3) is 5.69 Å². The Morgan fingerprint density at radius 3 is 2.95 bits per heavy atom. The van der Waals surface area contributed by atoms with Gasteiger partial charge in [0.2, 0.25) is 0 Å². The summed E-state index contributed by atoms with van der Waals surface area (Å²) in [5.41, 5.74) is 1.03. The Balaban J connectivity index is 2.04. The Bertz CT molecular complexity index is 479. The van der Waals surface area contributed by atoms with Crippen LogP contribution >= 0.6 is 15.9 Å². The van der Waals surface area contributed by atoms with Crippen molar-refractivity contribution in [3.8, 4) is 0 Å². The average Bonchev–Trinajstić information content (AvgIpc) is 2.80. The van der Waals surface area contributed by atoms with Gasteiger partial charge in [-0.2, -0.15) is 0 Å². The largest absolute Gasteiger partial charge is 0.393 e. The Hall–Kier alpha value is -0.980. The number of likely N-dealkylation sites (tertiary alicyclic amines) is 1. The van der Waals surface area contributed by atoms with Gasteiger partial charge < -0.3 is 5.11 Å². The first-order valence-corrected chi connectivity index (χ1v) is 7.10. The zero-order valence-corrected chi connectivity index (χ0v) is 12.3. The number of nitrogens with zero attached hydrogens (tertiary/aromatic N) is 2. The molecule has 6 heteroatoms. The molecule has 2 rings (SSSR count). The SMILES string of the molecule is CC(O)C1CCN(Cc2ccc(Br)c([N+](=O)[O-])c2)C1. The maximum atomic E-state index is 10.9. The van der Waals surface area contributed by atoms with Crippen LogP contribution in [0.4, 0.5) is 5.69 Å². The first-order chi connectivity index (χ1) is 8.97. The van der Waals surface area contributed by atoms with Crippen LogP contribution in [0.3, 0.4) is 0 Å². The Kier molecular flexibility index (Phi) is 4.54. The Labute approximate surface area is 120 Å². The van der Waals surface area contributed by atoms with E-state index in [1.165, 1.54) is 0 Å². The van der Waals surface area contributed by atoms with Crippen molar-refractivity contribution in [1.29, 1.82) is 0 Å². The molecule has 2 unspecified atom stereocenters. The number of nitro benzene ring substituents is 1. The second-order valence-corrected chi connectivity index (χ2v) is 5.92. The van der Waals surface area contributed by atoms with Crippen LogP contribution in [0.1, 0.15) is 18.9 Å². The van der Waals surface area contributed by atoms with E-state index in [0.717, 1.165) is 25.1 Å². The first kappa shape index (κ1) is 14.4. The standard InChI is InChI=1S/C13H17BrN2O3/c1-9(17)11-4-5-15(8-11)7-10-2-3-12(14)13(6-10)16(18)19/h2-3,6,9,11,17H,4-5,7-8H2,1H3. The van der Waals surface area contributed by atoms with Crippen molar-refractivity contribution in [2.75, 3.05) is 13.1 Å². The van der Waals surface area contributed by atoms with Gasteiger partial charge in [-0.3, -0.25) is 15.0 Å². The Morgan fingerprint density at radius 2 is 2.37 bits per heavy atom. The molecule has 104 valence electrons. The van der Waals surface area contributed by atoms with Crippen molar-refractivity contribution >= 4 is 21.6 Å². The summed E-state index contributed by atoms with van der Waals surface area (Å²) in [4.78, 5) is 12.7. The van der Waals surface area contributed by atoms with Gasteiger partial charge in [0.15, 0.2) is 0 Å². The van der Waals surface area contributed by atoms with Crippen LogP contribution in [0.15, 0.2) is 22.7 Å². The van der Waals surface area contributed by atoms with Gasteiger partial charge in [-0.1, -0.05) is 6.07 Å². The van der Waals surface area contributed by atoms with E-state index in [1.54, 1.807) is 12.1 Å². The molecule has 0 bridgehead atoms. The molecule has 19 heavy (non-hydrogen) atoms. The molecule has 0 spiro atoms. The predicted octanol–water partition coefficient (Wildman–Crippen LogP) is 2.56. The van der Waals surface area contributed by atoms with E-state index >= 15 is 0 Å². The molecular formula is C13H17BrN2O3. The van der Waals surface area contributed by atoms with E-state index in [4.69, 9.17) is 0 Å².